The largest absolute Gasteiger partial charge is 0.349 e. The molecule has 0 spiro atoms. The van der Waals surface area contributed by atoms with Gasteiger partial charge < -0.3 is 10.2 Å². The summed E-state index contributed by atoms with van der Waals surface area (Å²) in [5.74, 6) is -1.19. The van der Waals surface area contributed by atoms with Crippen molar-refractivity contribution in [2.45, 2.75) is 18.9 Å². The van der Waals surface area contributed by atoms with E-state index in [-0.39, 0.29) is 22.5 Å². The van der Waals surface area contributed by atoms with Gasteiger partial charge in [0.15, 0.2) is 0 Å². The van der Waals surface area contributed by atoms with Crippen LogP contribution in [0.5, 0.6) is 0 Å². The number of nitrogens with zero attached hydrogens (tertiary/aromatic N) is 1. The van der Waals surface area contributed by atoms with Gasteiger partial charge in [-0.15, -0.1) is 0 Å². The molecule has 3 rings (SSSR count). The van der Waals surface area contributed by atoms with Gasteiger partial charge >= 0.3 is 0 Å². The number of hydrogen-bond donors (Lipinski definition) is 1. The van der Waals surface area contributed by atoms with Crippen molar-refractivity contribution in [2.75, 3.05) is 13.1 Å². The van der Waals surface area contributed by atoms with Crippen LogP contribution < -0.4 is 5.32 Å². The number of likely N-dealkylation sites (tertiary alicyclic amines) is 1. The highest BCUT2D eigenvalue weighted by molar-refractivity contribution is 9.10. The van der Waals surface area contributed by atoms with E-state index in [9.17, 15) is 14.0 Å². The van der Waals surface area contributed by atoms with E-state index in [0.717, 1.165) is 4.47 Å². The van der Waals surface area contributed by atoms with Gasteiger partial charge in [0.25, 0.3) is 11.8 Å². The van der Waals surface area contributed by atoms with Crippen molar-refractivity contribution in [3.8, 4) is 0 Å². The Kier molecular flexibility index (Phi) is 5.94. The highest BCUT2D eigenvalue weighted by atomic mass is 79.9. The van der Waals surface area contributed by atoms with Gasteiger partial charge in [0.1, 0.15) is 5.82 Å². The van der Waals surface area contributed by atoms with Crippen LogP contribution in [0.15, 0.2) is 46.9 Å². The summed E-state index contributed by atoms with van der Waals surface area (Å²) >= 11 is 9.28. The highest BCUT2D eigenvalue weighted by Crippen LogP contribution is 2.20. The molecule has 7 heteroatoms. The van der Waals surface area contributed by atoms with Crippen LogP contribution in [0.4, 0.5) is 4.39 Å². The van der Waals surface area contributed by atoms with Crippen LogP contribution >= 0.6 is 27.5 Å². The lowest BCUT2D eigenvalue weighted by atomic mass is 10.0. The van der Waals surface area contributed by atoms with Crippen molar-refractivity contribution in [1.82, 2.24) is 10.2 Å². The van der Waals surface area contributed by atoms with Gasteiger partial charge in [-0.05, 0) is 49.2 Å². The molecule has 1 aliphatic rings. The molecule has 2 aromatic carbocycles. The Morgan fingerprint density at radius 1 is 1.12 bits per heavy atom. The summed E-state index contributed by atoms with van der Waals surface area (Å²) in [5, 5.41) is 2.90. The lowest BCUT2D eigenvalue weighted by Gasteiger charge is -2.32. The minimum absolute atomic E-state index is 0.0283. The first-order valence-corrected chi connectivity index (χ1v) is 9.42. The summed E-state index contributed by atoms with van der Waals surface area (Å²) in [7, 11) is 0. The molecule has 0 radical (unpaired) electrons. The van der Waals surface area contributed by atoms with Crippen LogP contribution in [0, 0.1) is 5.82 Å². The van der Waals surface area contributed by atoms with Crippen LogP contribution in [0.1, 0.15) is 33.6 Å². The van der Waals surface area contributed by atoms with Crippen molar-refractivity contribution in [2.24, 2.45) is 0 Å². The number of halogens is 3. The van der Waals surface area contributed by atoms with Crippen molar-refractivity contribution in [3.63, 3.8) is 0 Å². The monoisotopic (exact) mass is 438 g/mol. The molecule has 0 bridgehead atoms. The van der Waals surface area contributed by atoms with E-state index in [2.05, 4.69) is 21.2 Å². The summed E-state index contributed by atoms with van der Waals surface area (Å²) in [5.41, 5.74) is 0.497. The van der Waals surface area contributed by atoms with Gasteiger partial charge in [0, 0.05) is 29.2 Å². The number of hydrogen-bond acceptors (Lipinski definition) is 2. The van der Waals surface area contributed by atoms with Crippen molar-refractivity contribution in [3.05, 3.63) is 68.9 Å². The minimum Gasteiger partial charge on any atom is -0.349 e. The second-order valence-corrected chi connectivity index (χ2v) is 7.47. The van der Waals surface area contributed by atoms with Gasteiger partial charge in [-0.2, -0.15) is 0 Å². The predicted octanol–water partition coefficient (Wildman–Crippen LogP) is 4.28. The zero-order valence-corrected chi connectivity index (χ0v) is 16.2. The van der Waals surface area contributed by atoms with Crippen molar-refractivity contribution < 1.29 is 14.0 Å². The fourth-order valence-corrected chi connectivity index (χ4v) is 3.49. The minimum atomic E-state index is -0.641. The molecule has 1 fully saturated rings. The second-order valence-electron chi connectivity index (χ2n) is 6.14. The molecular weight excluding hydrogens is 423 g/mol. The van der Waals surface area contributed by atoms with Crippen LogP contribution in [-0.2, 0) is 0 Å². The number of amides is 2. The Hall–Kier alpha value is -1.92. The van der Waals surface area contributed by atoms with E-state index in [1.165, 1.54) is 18.2 Å². The molecule has 26 heavy (non-hydrogen) atoms. The second kappa shape index (κ2) is 8.18. The van der Waals surface area contributed by atoms with Gasteiger partial charge in [-0.25, -0.2) is 4.39 Å². The Morgan fingerprint density at radius 3 is 2.38 bits per heavy atom. The zero-order valence-electron chi connectivity index (χ0n) is 13.8. The third-order valence-corrected chi connectivity index (χ3v) is 5.24. The van der Waals surface area contributed by atoms with Crippen LogP contribution in [0.25, 0.3) is 0 Å². The van der Waals surface area contributed by atoms with Crippen molar-refractivity contribution >= 4 is 39.3 Å². The maximum Gasteiger partial charge on any atom is 0.255 e. The molecule has 1 heterocycles. The predicted molar refractivity (Wildman–Crippen MR) is 102 cm³/mol. The topological polar surface area (TPSA) is 49.4 Å². The van der Waals surface area contributed by atoms with Crippen molar-refractivity contribution in [1.29, 1.82) is 0 Å². The number of nitrogens with one attached hydrogen (secondary N) is 1. The summed E-state index contributed by atoms with van der Waals surface area (Å²) in [4.78, 5) is 26.6. The Morgan fingerprint density at radius 2 is 1.77 bits per heavy atom. The number of rotatable bonds is 3. The van der Waals surface area contributed by atoms with Crippen LogP contribution in [0.3, 0.4) is 0 Å². The molecule has 4 nitrogen and oxygen atoms in total. The normalized spacial score (nSPS) is 15.0. The molecule has 0 atom stereocenters. The molecule has 1 N–H and O–H groups in total. The third-order valence-electron chi connectivity index (χ3n) is 4.40. The van der Waals surface area contributed by atoms with E-state index < -0.39 is 11.7 Å². The Balaban J connectivity index is 1.58. The molecule has 1 saturated heterocycles. The molecule has 0 saturated carbocycles. The van der Waals surface area contributed by atoms with Crippen LogP contribution in [0.2, 0.25) is 5.02 Å². The third kappa shape index (κ3) is 4.24. The van der Waals surface area contributed by atoms with Gasteiger partial charge in [0.05, 0.1) is 10.6 Å². The van der Waals surface area contributed by atoms with Crippen LogP contribution in [-0.4, -0.2) is 35.8 Å². The first-order valence-electron chi connectivity index (χ1n) is 8.25. The SMILES string of the molecule is O=C(NC1CCN(C(=O)c2ccc(Br)cc2)CC1)c1c(F)cccc1Cl. The van der Waals surface area contributed by atoms with E-state index in [0.29, 0.717) is 31.5 Å². The number of carbonyl (C=O) groups excluding carboxylic acids is 2. The fourth-order valence-electron chi connectivity index (χ4n) is 2.97. The Labute approximate surface area is 164 Å². The molecule has 0 aliphatic carbocycles. The number of piperidine rings is 1. The quantitative estimate of drug-likeness (QED) is 0.776. The lowest BCUT2D eigenvalue weighted by molar-refractivity contribution is 0.0698. The molecular formula is C19H17BrClFN2O2. The van der Waals surface area contributed by atoms with Gasteiger partial charge in [0.2, 0.25) is 0 Å². The van der Waals surface area contributed by atoms with E-state index in [1.54, 1.807) is 17.0 Å². The lowest BCUT2D eigenvalue weighted by Crippen LogP contribution is -2.46. The molecule has 136 valence electrons. The maximum atomic E-state index is 13.8. The van der Waals surface area contributed by atoms with E-state index >= 15 is 0 Å². The van der Waals surface area contributed by atoms with E-state index in [4.69, 9.17) is 11.6 Å². The highest BCUT2D eigenvalue weighted by Gasteiger charge is 2.26. The Bertz CT molecular complexity index is 801. The first-order chi connectivity index (χ1) is 12.5. The zero-order chi connectivity index (χ0) is 18.7. The summed E-state index contributed by atoms with van der Waals surface area (Å²) in [6, 6.07) is 11.3. The summed E-state index contributed by atoms with van der Waals surface area (Å²) < 4.78 is 14.8. The molecule has 1 aliphatic heterocycles. The molecule has 2 amide bonds. The van der Waals surface area contributed by atoms with Gasteiger partial charge in [-0.1, -0.05) is 33.6 Å². The maximum absolute atomic E-state index is 13.8. The average Bonchev–Trinajstić information content (AvgIpc) is 2.62. The van der Waals surface area contributed by atoms with E-state index in [1.807, 2.05) is 12.1 Å². The fraction of sp³-hybridized carbons (Fsp3) is 0.263. The first kappa shape index (κ1) is 18.9. The molecule has 0 unspecified atom stereocenters. The molecule has 0 aromatic heterocycles. The van der Waals surface area contributed by atoms with Gasteiger partial charge in [-0.3, -0.25) is 9.59 Å². The molecule has 2 aromatic rings. The summed E-state index contributed by atoms with van der Waals surface area (Å²) in [6.45, 7) is 1.07. The average molecular weight is 440 g/mol. The summed E-state index contributed by atoms with van der Waals surface area (Å²) in [6.07, 6.45) is 1.22. The number of carbonyl (C=O) groups is 2. The number of benzene rings is 2. The standard InChI is InChI=1S/C19H17BrClFN2O2/c20-13-6-4-12(5-7-13)19(26)24-10-8-14(9-11-24)23-18(25)17-15(21)2-1-3-16(17)22/h1-7,14H,8-11H2,(H,23,25). The smallest absolute Gasteiger partial charge is 0.255 e.